The minimum absolute atomic E-state index is 0.733. The predicted octanol–water partition coefficient (Wildman–Crippen LogP) is 5.75. The summed E-state index contributed by atoms with van der Waals surface area (Å²) in [6.45, 7) is 2.10. The third-order valence-corrected chi connectivity index (χ3v) is 5.08. The molecular formula is C24H23N3. The largest absolute Gasteiger partial charge is 0.398 e. The van der Waals surface area contributed by atoms with E-state index in [1.54, 1.807) is 0 Å². The molecule has 0 aliphatic rings. The highest BCUT2D eigenvalue weighted by atomic mass is 15.1. The molecule has 4 N–H and O–H groups in total. The predicted molar refractivity (Wildman–Crippen MR) is 117 cm³/mol. The van der Waals surface area contributed by atoms with Gasteiger partial charge in [0.2, 0.25) is 0 Å². The third-order valence-electron chi connectivity index (χ3n) is 5.08. The van der Waals surface area contributed by atoms with Crippen molar-refractivity contribution in [1.82, 2.24) is 0 Å². The molecule has 4 aromatic carbocycles. The molecule has 0 radical (unpaired) electrons. The van der Waals surface area contributed by atoms with Crippen LogP contribution in [0.3, 0.4) is 0 Å². The molecule has 0 saturated carbocycles. The first-order valence-corrected chi connectivity index (χ1v) is 9.02. The minimum Gasteiger partial charge on any atom is -0.398 e. The summed E-state index contributed by atoms with van der Waals surface area (Å²) in [5.41, 5.74) is 19.9. The van der Waals surface area contributed by atoms with Crippen molar-refractivity contribution in [2.24, 2.45) is 0 Å². The zero-order valence-corrected chi connectivity index (χ0v) is 15.6. The van der Waals surface area contributed by atoms with Gasteiger partial charge < -0.3 is 16.4 Å². The van der Waals surface area contributed by atoms with E-state index in [-0.39, 0.29) is 0 Å². The number of nitrogen functional groups attached to an aromatic ring is 2. The molecule has 0 amide bonds. The molecule has 3 heteroatoms. The maximum atomic E-state index is 6.49. The van der Waals surface area contributed by atoms with Crippen molar-refractivity contribution in [3.05, 3.63) is 84.4 Å². The van der Waals surface area contributed by atoms with Gasteiger partial charge in [-0.3, -0.25) is 0 Å². The van der Waals surface area contributed by atoms with Crippen LogP contribution in [0.1, 0.15) is 5.56 Å². The van der Waals surface area contributed by atoms with Crippen molar-refractivity contribution >= 4 is 33.5 Å². The van der Waals surface area contributed by atoms with Crippen LogP contribution in [0.2, 0.25) is 0 Å². The van der Waals surface area contributed by atoms with E-state index in [0.717, 1.165) is 33.5 Å². The van der Waals surface area contributed by atoms with Gasteiger partial charge in [-0.05, 0) is 36.2 Å². The fourth-order valence-corrected chi connectivity index (χ4v) is 3.47. The van der Waals surface area contributed by atoms with E-state index in [1.807, 2.05) is 37.4 Å². The summed E-state index contributed by atoms with van der Waals surface area (Å²) in [4.78, 5) is 2.09. The molecule has 0 unspecified atom stereocenters. The monoisotopic (exact) mass is 353 g/mol. The minimum atomic E-state index is 0.733. The SMILES string of the molecule is Cc1ccc(-c2cccc(N(C)c3cc(N)c4ccccc4c3N)c2)cc1. The quantitative estimate of drug-likeness (QED) is 0.461. The molecule has 4 rings (SSSR count). The highest BCUT2D eigenvalue weighted by molar-refractivity contribution is 6.06. The topological polar surface area (TPSA) is 55.3 Å². The average Bonchev–Trinajstić information content (AvgIpc) is 2.71. The number of fused-ring (bicyclic) bond motifs is 1. The number of anilines is 4. The van der Waals surface area contributed by atoms with Gasteiger partial charge in [-0.2, -0.15) is 0 Å². The molecular weight excluding hydrogens is 330 g/mol. The summed E-state index contributed by atoms with van der Waals surface area (Å²) < 4.78 is 0. The van der Waals surface area contributed by atoms with E-state index < -0.39 is 0 Å². The summed E-state index contributed by atoms with van der Waals surface area (Å²) in [5, 5.41) is 1.97. The van der Waals surface area contributed by atoms with Crippen LogP contribution >= 0.6 is 0 Å². The lowest BCUT2D eigenvalue weighted by atomic mass is 10.0. The molecule has 0 spiro atoms. The number of nitrogens with zero attached hydrogens (tertiary/aromatic N) is 1. The van der Waals surface area contributed by atoms with Gasteiger partial charge in [0.25, 0.3) is 0 Å². The van der Waals surface area contributed by atoms with Crippen molar-refractivity contribution < 1.29 is 0 Å². The Morgan fingerprint density at radius 3 is 2.15 bits per heavy atom. The number of benzene rings is 4. The summed E-state index contributed by atoms with van der Waals surface area (Å²) in [6, 6.07) is 27.0. The van der Waals surface area contributed by atoms with Crippen molar-refractivity contribution in [2.45, 2.75) is 6.92 Å². The van der Waals surface area contributed by atoms with Gasteiger partial charge >= 0.3 is 0 Å². The van der Waals surface area contributed by atoms with Crippen molar-refractivity contribution in [3.63, 3.8) is 0 Å². The van der Waals surface area contributed by atoms with Crippen LogP contribution in [0.15, 0.2) is 78.9 Å². The second-order valence-corrected chi connectivity index (χ2v) is 6.92. The van der Waals surface area contributed by atoms with Crippen LogP contribution in [-0.2, 0) is 0 Å². The van der Waals surface area contributed by atoms with E-state index in [0.29, 0.717) is 0 Å². The Morgan fingerprint density at radius 1 is 0.704 bits per heavy atom. The summed E-state index contributed by atoms with van der Waals surface area (Å²) in [5.74, 6) is 0. The van der Waals surface area contributed by atoms with Crippen LogP contribution in [0.5, 0.6) is 0 Å². The summed E-state index contributed by atoms with van der Waals surface area (Å²) in [7, 11) is 2.02. The number of aryl methyl sites for hydroxylation is 1. The van der Waals surface area contributed by atoms with Gasteiger partial charge in [0, 0.05) is 29.2 Å². The first-order chi connectivity index (χ1) is 13.0. The molecule has 0 saturated heterocycles. The van der Waals surface area contributed by atoms with E-state index in [2.05, 4.69) is 60.4 Å². The highest BCUT2D eigenvalue weighted by Gasteiger charge is 2.13. The second kappa shape index (κ2) is 6.69. The zero-order valence-electron chi connectivity index (χ0n) is 15.6. The molecule has 27 heavy (non-hydrogen) atoms. The molecule has 0 aliphatic heterocycles. The third kappa shape index (κ3) is 3.08. The van der Waals surface area contributed by atoms with E-state index in [1.165, 1.54) is 16.7 Å². The smallest absolute Gasteiger partial charge is 0.0669 e. The second-order valence-electron chi connectivity index (χ2n) is 6.92. The van der Waals surface area contributed by atoms with E-state index >= 15 is 0 Å². The summed E-state index contributed by atoms with van der Waals surface area (Å²) in [6.07, 6.45) is 0. The van der Waals surface area contributed by atoms with Gasteiger partial charge in [0.1, 0.15) is 0 Å². The van der Waals surface area contributed by atoms with Crippen LogP contribution in [0, 0.1) is 6.92 Å². The van der Waals surface area contributed by atoms with Crippen LogP contribution in [-0.4, -0.2) is 7.05 Å². The molecule has 0 aliphatic carbocycles. The Hall–Kier alpha value is -3.46. The van der Waals surface area contributed by atoms with E-state index in [9.17, 15) is 0 Å². The Balaban J connectivity index is 1.78. The molecule has 134 valence electrons. The maximum Gasteiger partial charge on any atom is 0.0669 e. The van der Waals surface area contributed by atoms with Gasteiger partial charge in [-0.1, -0.05) is 66.2 Å². The lowest BCUT2D eigenvalue weighted by Crippen LogP contribution is -2.12. The average molecular weight is 353 g/mol. The normalized spacial score (nSPS) is 10.9. The lowest BCUT2D eigenvalue weighted by Gasteiger charge is -2.24. The lowest BCUT2D eigenvalue weighted by molar-refractivity contribution is 1.22. The molecule has 0 fully saturated rings. The first-order valence-electron chi connectivity index (χ1n) is 9.02. The highest BCUT2D eigenvalue weighted by Crippen LogP contribution is 2.38. The Morgan fingerprint density at radius 2 is 1.41 bits per heavy atom. The van der Waals surface area contributed by atoms with Gasteiger partial charge in [-0.15, -0.1) is 0 Å². The van der Waals surface area contributed by atoms with Crippen LogP contribution < -0.4 is 16.4 Å². The number of hydrogen-bond acceptors (Lipinski definition) is 3. The number of rotatable bonds is 3. The Bertz CT molecular complexity index is 1110. The molecule has 0 atom stereocenters. The summed E-state index contributed by atoms with van der Waals surface area (Å²) >= 11 is 0. The molecule has 3 nitrogen and oxygen atoms in total. The Kier molecular flexibility index (Phi) is 4.21. The fraction of sp³-hybridized carbons (Fsp3) is 0.0833. The molecule has 0 heterocycles. The van der Waals surface area contributed by atoms with Crippen LogP contribution in [0.4, 0.5) is 22.7 Å². The number of hydrogen-bond donors (Lipinski definition) is 2. The van der Waals surface area contributed by atoms with Gasteiger partial charge in [-0.25, -0.2) is 0 Å². The standard InChI is InChI=1S/C24H23N3/c1-16-10-12-17(13-11-16)18-6-5-7-19(14-18)27(2)23-15-22(25)20-8-3-4-9-21(20)24(23)26/h3-15H,25-26H2,1-2H3. The van der Waals surface area contributed by atoms with Gasteiger partial charge in [0.05, 0.1) is 11.4 Å². The van der Waals surface area contributed by atoms with Crippen molar-refractivity contribution in [2.75, 3.05) is 23.4 Å². The van der Waals surface area contributed by atoms with Crippen LogP contribution in [0.25, 0.3) is 21.9 Å². The molecule has 0 bridgehead atoms. The fourth-order valence-electron chi connectivity index (χ4n) is 3.47. The molecule has 0 aromatic heterocycles. The first kappa shape index (κ1) is 17.0. The zero-order chi connectivity index (χ0) is 19.0. The number of nitrogens with two attached hydrogens (primary N) is 2. The Labute approximate surface area is 159 Å². The van der Waals surface area contributed by atoms with Crippen molar-refractivity contribution in [3.8, 4) is 11.1 Å². The van der Waals surface area contributed by atoms with Crippen molar-refractivity contribution in [1.29, 1.82) is 0 Å². The maximum absolute atomic E-state index is 6.49. The van der Waals surface area contributed by atoms with E-state index in [4.69, 9.17) is 11.5 Å². The molecule has 4 aromatic rings. The van der Waals surface area contributed by atoms with Gasteiger partial charge in [0.15, 0.2) is 0 Å².